The maximum absolute atomic E-state index is 5.17. The number of benzene rings is 7. The van der Waals surface area contributed by atoms with E-state index >= 15 is 0 Å². The number of hydrogen-bond donors (Lipinski definition) is 0. The Balaban J connectivity index is 1.15. The van der Waals surface area contributed by atoms with Crippen molar-refractivity contribution in [3.63, 3.8) is 0 Å². The van der Waals surface area contributed by atoms with Crippen LogP contribution in [0.25, 0.3) is 77.5 Å². The third-order valence-corrected chi connectivity index (χ3v) is 10.7. The van der Waals surface area contributed by atoms with Gasteiger partial charge < -0.3 is 0 Å². The fraction of sp³-hybridized carbons (Fsp3) is 0.0816. The predicted octanol–water partition coefficient (Wildman–Crippen LogP) is 12.9. The molecule has 0 aliphatic heterocycles. The van der Waals surface area contributed by atoms with Gasteiger partial charge >= 0.3 is 0 Å². The Morgan fingerprint density at radius 1 is 0.529 bits per heavy atom. The van der Waals surface area contributed by atoms with Crippen LogP contribution in [0.1, 0.15) is 36.0 Å². The number of rotatable bonds is 5. The van der Waals surface area contributed by atoms with Gasteiger partial charge in [0.1, 0.15) is 5.82 Å². The first kappa shape index (κ1) is 29.6. The molecule has 2 aliphatic carbocycles. The van der Waals surface area contributed by atoms with Gasteiger partial charge in [-0.1, -0.05) is 146 Å². The van der Waals surface area contributed by atoms with E-state index in [4.69, 9.17) is 4.98 Å². The van der Waals surface area contributed by atoms with E-state index in [-0.39, 0.29) is 5.92 Å². The maximum atomic E-state index is 5.17. The molecule has 242 valence electrons. The van der Waals surface area contributed by atoms with Gasteiger partial charge in [0.2, 0.25) is 0 Å². The van der Waals surface area contributed by atoms with Crippen LogP contribution in [0, 0.1) is 0 Å². The highest BCUT2D eigenvalue weighted by Gasteiger charge is 2.24. The summed E-state index contributed by atoms with van der Waals surface area (Å²) in [6.07, 6.45) is 16.3. The monoisotopic (exact) mass is 652 g/mol. The highest BCUT2D eigenvalue weighted by Crippen LogP contribution is 2.45. The normalized spacial score (nSPS) is 15.2. The molecule has 0 N–H and O–H groups in total. The van der Waals surface area contributed by atoms with E-state index in [2.05, 4.69) is 181 Å². The zero-order chi connectivity index (χ0) is 33.7. The number of allylic oxidation sites excluding steroid dienone is 5. The van der Waals surface area contributed by atoms with Gasteiger partial charge in [-0.05, 0) is 115 Å². The minimum atomic E-state index is 0.275. The second-order valence-corrected chi connectivity index (χ2v) is 13.8. The summed E-state index contributed by atoms with van der Waals surface area (Å²) in [5.41, 5.74) is 11.1. The largest absolute Gasteiger partial charge is 0.300 e. The number of hydrogen-bond acceptors (Lipinski definition) is 1. The van der Waals surface area contributed by atoms with Crippen molar-refractivity contribution < 1.29 is 0 Å². The van der Waals surface area contributed by atoms with Gasteiger partial charge in [-0.3, -0.25) is 4.57 Å². The Hall–Kier alpha value is -6.25. The Bertz CT molecular complexity index is 2710. The predicted molar refractivity (Wildman–Crippen MR) is 215 cm³/mol. The van der Waals surface area contributed by atoms with Crippen molar-refractivity contribution in [3.05, 3.63) is 187 Å². The lowest BCUT2D eigenvalue weighted by molar-refractivity contribution is 0.734. The van der Waals surface area contributed by atoms with Crippen molar-refractivity contribution in [2.75, 3.05) is 0 Å². The van der Waals surface area contributed by atoms with E-state index in [1.54, 1.807) is 0 Å². The van der Waals surface area contributed by atoms with E-state index < -0.39 is 0 Å². The first-order valence-electron chi connectivity index (χ1n) is 18.1. The van der Waals surface area contributed by atoms with Gasteiger partial charge in [0.15, 0.2) is 0 Å². The molecule has 8 aromatic rings. The molecular weight excluding hydrogens is 617 g/mol. The van der Waals surface area contributed by atoms with Gasteiger partial charge in [-0.2, -0.15) is 0 Å². The molecule has 1 aromatic heterocycles. The van der Waals surface area contributed by atoms with Crippen LogP contribution in [0.5, 0.6) is 0 Å². The summed E-state index contributed by atoms with van der Waals surface area (Å²) in [6, 6.07) is 51.6. The first-order valence-corrected chi connectivity index (χ1v) is 18.1. The van der Waals surface area contributed by atoms with Crippen molar-refractivity contribution in [2.45, 2.75) is 25.2 Å². The molecule has 1 heterocycles. The van der Waals surface area contributed by atoms with E-state index in [0.29, 0.717) is 0 Å². The number of fused-ring (bicyclic) bond motifs is 4. The van der Waals surface area contributed by atoms with Gasteiger partial charge in [0, 0.05) is 11.6 Å². The fourth-order valence-corrected chi connectivity index (χ4v) is 8.32. The van der Waals surface area contributed by atoms with Crippen LogP contribution in [0.2, 0.25) is 0 Å². The average molecular weight is 653 g/mol. The molecule has 0 fully saturated rings. The molecule has 51 heavy (non-hydrogen) atoms. The third kappa shape index (κ3) is 5.06. The zero-order valence-electron chi connectivity index (χ0n) is 28.3. The third-order valence-electron chi connectivity index (χ3n) is 10.7. The highest BCUT2D eigenvalue weighted by molar-refractivity contribution is 6.22. The molecule has 0 bridgehead atoms. The maximum Gasteiger partial charge on any atom is 0.121 e. The van der Waals surface area contributed by atoms with Crippen LogP contribution >= 0.6 is 0 Å². The summed E-state index contributed by atoms with van der Waals surface area (Å²) in [5, 5.41) is 7.58. The molecule has 0 saturated heterocycles. The molecule has 0 radical (unpaired) electrons. The van der Waals surface area contributed by atoms with E-state index in [1.165, 1.54) is 77.1 Å². The second kappa shape index (κ2) is 12.3. The Labute approximate surface area is 298 Å². The van der Waals surface area contributed by atoms with Crippen molar-refractivity contribution in [3.8, 4) is 39.1 Å². The van der Waals surface area contributed by atoms with Gasteiger partial charge in [-0.15, -0.1) is 0 Å². The lowest BCUT2D eigenvalue weighted by Crippen LogP contribution is -2.10. The zero-order valence-corrected chi connectivity index (χ0v) is 28.3. The minimum absolute atomic E-state index is 0.275. The van der Waals surface area contributed by atoms with Crippen molar-refractivity contribution in [1.82, 2.24) is 9.55 Å². The molecule has 1 unspecified atom stereocenters. The molecule has 2 aliphatic rings. The number of aromatic nitrogens is 2. The standard InChI is InChI=1S/C49H36N2/c1-3-14-35(15-4-1)47-41-19-9-10-20-42(41)48(39-24-23-33-13-7-8-18-37(33)31-39)43-30-27-38(32-44(43)47)34-25-28-40(29-26-34)51-46-22-12-11-21-45(46)50-49(51)36-16-5-2-6-17-36/h1-11,13-16,18-21,23-32,36H,12,17,22H2. The molecule has 1 atom stereocenters. The van der Waals surface area contributed by atoms with Crippen LogP contribution in [0.4, 0.5) is 0 Å². The van der Waals surface area contributed by atoms with Crippen LogP contribution in [0.3, 0.4) is 0 Å². The summed E-state index contributed by atoms with van der Waals surface area (Å²) in [7, 11) is 0. The summed E-state index contributed by atoms with van der Waals surface area (Å²) in [4.78, 5) is 5.17. The molecule has 2 heteroatoms. The molecular formula is C49H36N2. The van der Waals surface area contributed by atoms with Crippen LogP contribution < -0.4 is 0 Å². The second-order valence-electron chi connectivity index (χ2n) is 13.8. The van der Waals surface area contributed by atoms with Crippen LogP contribution in [-0.4, -0.2) is 9.55 Å². The summed E-state index contributed by atoms with van der Waals surface area (Å²) in [6.45, 7) is 0. The lowest BCUT2D eigenvalue weighted by atomic mass is 9.84. The minimum Gasteiger partial charge on any atom is -0.300 e. The van der Waals surface area contributed by atoms with E-state index in [1.807, 2.05) is 0 Å². The SMILES string of the molecule is C1=CCC(c2nc3c(n2-c2ccc(-c4ccc5c(-c6ccc7ccccc7c6)c6ccccc6c(-c6ccccc6)c5c4)cc2)CCC=C3)C=C1. The summed E-state index contributed by atoms with van der Waals surface area (Å²) >= 11 is 0. The van der Waals surface area contributed by atoms with Crippen LogP contribution in [-0.2, 0) is 6.42 Å². The van der Waals surface area contributed by atoms with Crippen molar-refractivity contribution in [1.29, 1.82) is 0 Å². The summed E-state index contributed by atoms with van der Waals surface area (Å²) < 4.78 is 2.42. The van der Waals surface area contributed by atoms with E-state index in [9.17, 15) is 0 Å². The summed E-state index contributed by atoms with van der Waals surface area (Å²) in [5.74, 6) is 1.41. The quantitative estimate of drug-likeness (QED) is 0.169. The molecule has 0 amide bonds. The van der Waals surface area contributed by atoms with Gasteiger partial charge in [0.25, 0.3) is 0 Å². The molecule has 0 spiro atoms. The van der Waals surface area contributed by atoms with Crippen molar-refractivity contribution in [2.24, 2.45) is 0 Å². The topological polar surface area (TPSA) is 17.8 Å². The lowest BCUT2D eigenvalue weighted by Gasteiger charge is -2.19. The molecule has 0 saturated carbocycles. The fourth-order valence-electron chi connectivity index (χ4n) is 8.32. The Kier molecular flexibility index (Phi) is 7.13. The molecule has 2 nitrogen and oxygen atoms in total. The first-order chi connectivity index (χ1) is 25.3. The van der Waals surface area contributed by atoms with Crippen LogP contribution in [0.15, 0.2) is 170 Å². The molecule has 10 rings (SSSR count). The number of nitrogens with zero attached hydrogens (tertiary/aromatic N) is 2. The smallest absolute Gasteiger partial charge is 0.121 e. The van der Waals surface area contributed by atoms with Gasteiger partial charge in [0.05, 0.1) is 11.4 Å². The highest BCUT2D eigenvalue weighted by atomic mass is 15.1. The Morgan fingerprint density at radius 3 is 2.04 bits per heavy atom. The van der Waals surface area contributed by atoms with Crippen molar-refractivity contribution >= 4 is 38.4 Å². The Morgan fingerprint density at radius 2 is 1.24 bits per heavy atom. The van der Waals surface area contributed by atoms with E-state index in [0.717, 1.165) is 30.8 Å². The molecule has 7 aromatic carbocycles. The average Bonchev–Trinajstić information content (AvgIpc) is 3.60. The number of imidazole rings is 1. The van der Waals surface area contributed by atoms with Gasteiger partial charge in [-0.25, -0.2) is 4.98 Å².